The molecule has 2 atom stereocenters. The van der Waals surface area contributed by atoms with Gasteiger partial charge in [0.15, 0.2) is 0 Å². The molecule has 2 unspecified atom stereocenters. The van der Waals surface area contributed by atoms with Crippen LogP contribution >= 0.6 is 30.7 Å². The van der Waals surface area contributed by atoms with Crippen LogP contribution in [0.5, 0.6) is 0 Å². The lowest BCUT2D eigenvalue weighted by molar-refractivity contribution is 0.346. The highest BCUT2D eigenvalue weighted by Crippen LogP contribution is 2.45. The van der Waals surface area contributed by atoms with Crippen LogP contribution in [0.1, 0.15) is 64.3 Å². The molecule has 0 aliphatic heterocycles. The molecule has 0 spiro atoms. The fourth-order valence-corrected chi connectivity index (χ4v) is 10.9. The molecule has 5 aromatic heterocycles. The van der Waals surface area contributed by atoms with Crippen LogP contribution in [0.4, 0.5) is 8.78 Å². The smallest absolute Gasteiger partial charge is 0.279 e. The Morgan fingerprint density at radius 1 is 0.508 bits per heavy atom. The molecule has 0 saturated carbocycles. The summed E-state index contributed by atoms with van der Waals surface area (Å²) < 4.78 is 67.6. The first-order valence-electron chi connectivity index (χ1n) is 19.6. The zero-order valence-corrected chi connectivity index (χ0v) is 38.0. The number of pyridine rings is 5. The number of rotatable bonds is 13. The van der Waals surface area contributed by atoms with E-state index in [0.717, 1.165) is 22.1 Å². The summed E-state index contributed by atoms with van der Waals surface area (Å²) in [5.41, 5.74) is 2.98. The highest BCUT2D eigenvalue weighted by molar-refractivity contribution is 9.10. The van der Waals surface area contributed by atoms with Gasteiger partial charge in [0.1, 0.15) is 15.5 Å². The summed E-state index contributed by atoms with van der Waals surface area (Å²) in [6.07, 6.45) is 0. The van der Waals surface area contributed by atoms with Crippen molar-refractivity contribution >= 4 is 52.1 Å². The zero-order valence-electron chi connectivity index (χ0n) is 34.7. The van der Waals surface area contributed by atoms with Crippen LogP contribution < -0.4 is 21.5 Å². The van der Waals surface area contributed by atoms with Gasteiger partial charge in [0, 0.05) is 21.4 Å². The summed E-state index contributed by atoms with van der Waals surface area (Å²) >= 11 is 3.43. The molecular formula is C47H46BrF2N5O4P2. The lowest BCUT2D eigenvalue weighted by Crippen LogP contribution is -2.28. The van der Waals surface area contributed by atoms with E-state index in [1.807, 2.05) is 112 Å². The molecular weight excluding hydrogens is 878 g/mol. The first kappa shape index (κ1) is 45.4. The fraction of sp³-hybridized carbons (Fsp3) is 0.213. The highest BCUT2D eigenvalue weighted by atomic mass is 79.9. The van der Waals surface area contributed by atoms with Gasteiger partial charge in [-0.1, -0.05) is 60.7 Å². The molecule has 0 bridgehead atoms. The largest absolute Gasteiger partial charge is 0.321 e. The third-order valence-corrected chi connectivity index (χ3v) is 15.3. The van der Waals surface area contributed by atoms with Gasteiger partial charge < -0.3 is 9.05 Å². The molecule has 9 nitrogen and oxygen atoms in total. The van der Waals surface area contributed by atoms with E-state index in [9.17, 15) is 17.9 Å². The predicted molar refractivity (Wildman–Crippen MR) is 242 cm³/mol. The Hall–Kier alpha value is -5.09. The van der Waals surface area contributed by atoms with Crippen molar-refractivity contribution in [3.63, 3.8) is 0 Å². The van der Waals surface area contributed by atoms with Gasteiger partial charge in [0.05, 0.1) is 47.2 Å². The molecule has 0 fully saturated rings. The van der Waals surface area contributed by atoms with Gasteiger partial charge in [-0.2, -0.15) is 13.8 Å². The summed E-state index contributed by atoms with van der Waals surface area (Å²) in [5.74, 6) is -1.82. The summed E-state index contributed by atoms with van der Waals surface area (Å²) in [6.45, 7) is 12.2. The minimum absolute atomic E-state index is 0.102. The first-order valence-corrected chi connectivity index (χ1v) is 23.7. The molecule has 0 saturated heterocycles. The van der Waals surface area contributed by atoms with Crippen LogP contribution in [0.3, 0.4) is 0 Å². The second-order valence-electron chi connectivity index (χ2n) is 14.8. The number of hydrogen-bond donors (Lipinski definition) is 0. The maximum Gasteiger partial charge on any atom is 0.279 e. The van der Waals surface area contributed by atoms with E-state index in [1.165, 1.54) is 6.07 Å². The third-order valence-electron chi connectivity index (χ3n) is 10.0. The van der Waals surface area contributed by atoms with E-state index in [2.05, 4.69) is 44.7 Å². The topological polar surface area (TPSA) is 117 Å². The lowest BCUT2D eigenvalue weighted by Gasteiger charge is -2.26. The van der Waals surface area contributed by atoms with Crippen molar-refractivity contribution in [2.24, 2.45) is 0 Å². The molecule has 0 radical (unpaired) electrons. The second-order valence-corrected chi connectivity index (χ2v) is 20.3. The van der Waals surface area contributed by atoms with Gasteiger partial charge in [0.25, 0.3) is 14.7 Å². The number of halogens is 3. The van der Waals surface area contributed by atoms with Crippen LogP contribution in [0.25, 0.3) is 11.3 Å². The van der Waals surface area contributed by atoms with E-state index in [0.29, 0.717) is 45.2 Å². The maximum atomic E-state index is 14.3. The predicted octanol–water partition coefficient (Wildman–Crippen LogP) is 10.2. The Kier molecular flexibility index (Phi) is 14.4. The van der Waals surface area contributed by atoms with Crippen molar-refractivity contribution in [2.75, 3.05) is 13.2 Å². The van der Waals surface area contributed by atoms with E-state index in [4.69, 9.17) is 19.0 Å². The van der Waals surface area contributed by atoms with Gasteiger partial charge in [0.2, 0.25) is 11.9 Å². The molecule has 5 heterocycles. The Morgan fingerprint density at radius 2 is 0.934 bits per heavy atom. The quantitative estimate of drug-likeness (QED) is 0.0823. The lowest BCUT2D eigenvalue weighted by atomic mass is 9.84. The van der Waals surface area contributed by atoms with Crippen molar-refractivity contribution in [2.45, 2.75) is 52.4 Å². The van der Waals surface area contributed by atoms with E-state index < -0.39 is 37.5 Å². The van der Waals surface area contributed by atoms with Gasteiger partial charge in [-0.15, -0.1) is 0 Å². The minimum atomic E-state index is -3.41. The Balaban J connectivity index is 0.000000210. The van der Waals surface area contributed by atoms with Crippen LogP contribution in [0.2, 0.25) is 0 Å². The minimum Gasteiger partial charge on any atom is -0.321 e. The van der Waals surface area contributed by atoms with Gasteiger partial charge >= 0.3 is 0 Å². The second kappa shape index (κ2) is 19.3. The molecule has 14 heteroatoms. The molecule has 314 valence electrons. The molecule has 7 aromatic rings. The van der Waals surface area contributed by atoms with Crippen LogP contribution in [-0.2, 0) is 29.0 Å². The number of nitrogens with zero attached hydrogens (tertiary/aromatic N) is 5. The van der Waals surface area contributed by atoms with Gasteiger partial charge in [-0.25, -0.2) is 15.0 Å². The van der Waals surface area contributed by atoms with E-state index in [1.54, 1.807) is 49.4 Å². The Labute approximate surface area is 364 Å². The van der Waals surface area contributed by atoms with Crippen molar-refractivity contribution in [1.82, 2.24) is 24.9 Å². The summed E-state index contributed by atoms with van der Waals surface area (Å²) in [6, 6.07) is 42.6. The van der Waals surface area contributed by atoms with Crippen molar-refractivity contribution in [1.29, 1.82) is 0 Å². The fourth-order valence-electron chi connectivity index (χ4n) is 6.58. The van der Waals surface area contributed by atoms with Crippen molar-refractivity contribution in [3.8, 4) is 11.3 Å². The maximum absolute atomic E-state index is 14.3. The molecule has 0 N–H and O–H groups in total. The SMILES string of the molecule is CCOP(=O)(c1ccccc1)c1cccc(C(C)(C)c2cccc(-c3ccc(F)nc3F)n2)n1.CCOP(=O)(c1ccccc1)c1cccc(C(C)(C)c2cccc(Br)n2)n1. The molecule has 7 rings (SSSR count). The number of benzene rings is 2. The monoisotopic (exact) mass is 923 g/mol. The van der Waals surface area contributed by atoms with Gasteiger partial charge in [-0.3, -0.25) is 14.1 Å². The average Bonchev–Trinajstić information content (AvgIpc) is 3.27. The first-order chi connectivity index (χ1) is 29.1. The average molecular weight is 925 g/mol. The number of hydrogen-bond acceptors (Lipinski definition) is 9. The zero-order chi connectivity index (χ0) is 43.8. The standard InChI is InChI=1S/C26H24F2N3O2P.C21H22BrN2O2P/c1-4-33-34(32,18-10-6-5-7-11-18)24-15-9-14-22(30-24)26(2,3)21-13-8-12-20(29-21)19-16-17-23(27)31-25(19)28;1-4-26-27(25,16-10-6-5-7-11-16)20-15-9-13-18(24-20)21(2,3)17-12-8-14-19(22)23-17/h5-17H,4H2,1-3H3;5-15H,4H2,1-3H3. The van der Waals surface area contributed by atoms with Crippen LogP contribution in [0, 0.1) is 11.9 Å². The normalized spacial score (nSPS) is 13.7. The number of aromatic nitrogens is 5. The van der Waals surface area contributed by atoms with Crippen molar-refractivity contribution < 1.29 is 27.0 Å². The Bertz CT molecular complexity index is 2710. The molecule has 0 amide bonds. The summed E-state index contributed by atoms with van der Waals surface area (Å²) in [5, 5.41) is 1.22. The van der Waals surface area contributed by atoms with E-state index in [-0.39, 0.29) is 12.2 Å². The molecule has 61 heavy (non-hydrogen) atoms. The molecule has 2 aromatic carbocycles. The molecule has 0 aliphatic carbocycles. The summed E-state index contributed by atoms with van der Waals surface area (Å²) in [4.78, 5) is 22.0. The highest BCUT2D eigenvalue weighted by Gasteiger charge is 2.35. The van der Waals surface area contributed by atoms with Gasteiger partial charge in [-0.05, 0) is 142 Å². The van der Waals surface area contributed by atoms with Crippen molar-refractivity contribution in [3.05, 3.63) is 185 Å². The van der Waals surface area contributed by atoms with Crippen LogP contribution in [0.15, 0.2) is 150 Å². The molecule has 0 aliphatic rings. The van der Waals surface area contributed by atoms with E-state index >= 15 is 0 Å². The van der Waals surface area contributed by atoms with Crippen LogP contribution in [-0.4, -0.2) is 38.1 Å². The summed E-state index contributed by atoms with van der Waals surface area (Å²) in [7, 11) is -6.67. The third kappa shape index (κ3) is 10.0. The Morgan fingerprint density at radius 3 is 1.38 bits per heavy atom.